The number of benzene rings is 1. The molecule has 1 unspecified atom stereocenters. The van der Waals surface area contributed by atoms with Crippen LogP contribution in [0.1, 0.15) is 28.4 Å². The fourth-order valence-electron chi connectivity index (χ4n) is 2.98. The van der Waals surface area contributed by atoms with Crippen LogP contribution in [0.4, 0.5) is 11.5 Å². The van der Waals surface area contributed by atoms with Gasteiger partial charge in [0.15, 0.2) is 0 Å². The molecule has 0 aliphatic carbocycles. The van der Waals surface area contributed by atoms with Gasteiger partial charge in [-0.25, -0.2) is 13.4 Å². The van der Waals surface area contributed by atoms with E-state index in [-0.39, 0.29) is 11.9 Å². The van der Waals surface area contributed by atoms with E-state index in [9.17, 15) is 13.2 Å². The van der Waals surface area contributed by atoms with Crippen molar-refractivity contribution in [3.05, 3.63) is 53.2 Å². The number of aromatic nitrogens is 1. The van der Waals surface area contributed by atoms with Gasteiger partial charge in [-0.3, -0.25) is 9.10 Å². The molecule has 7 heteroatoms. The third kappa shape index (κ3) is 3.12. The number of fused-ring (bicyclic) bond motifs is 1. The van der Waals surface area contributed by atoms with Crippen LogP contribution in [0.3, 0.4) is 0 Å². The van der Waals surface area contributed by atoms with Crippen LogP contribution < -0.4 is 9.62 Å². The molecule has 126 valence electrons. The van der Waals surface area contributed by atoms with Crippen molar-refractivity contribution in [2.75, 3.05) is 15.9 Å². The highest BCUT2D eigenvalue weighted by molar-refractivity contribution is 7.92. The molecule has 2 aromatic rings. The van der Waals surface area contributed by atoms with Crippen molar-refractivity contribution >= 4 is 27.4 Å². The van der Waals surface area contributed by atoms with E-state index in [2.05, 4.69) is 10.3 Å². The van der Waals surface area contributed by atoms with Crippen LogP contribution >= 0.6 is 0 Å². The Balaban J connectivity index is 1.86. The Labute approximate surface area is 141 Å². The Morgan fingerprint density at radius 2 is 2.04 bits per heavy atom. The average molecular weight is 345 g/mol. The molecule has 1 N–H and O–H groups in total. The van der Waals surface area contributed by atoms with Gasteiger partial charge in [0, 0.05) is 17.8 Å². The number of amides is 1. The minimum absolute atomic E-state index is 0.146. The van der Waals surface area contributed by atoms with Gasteiger partial charge >= 0.3 is 0 Å². The molecule has 24 heavy (non-hydrogen) atoms. The molecule has 1 amide bonds. The van der Waals surface area contributed by atoms with Crippen molar-refractivity contribution in [2.45, 2.75) is 26.3 Å². The van der Waals surface area contributed by atoms with Gasteiger partial charge < -0.3 is 5.32 Å². The van der Waals surface area contributed by atoms with E-state index >= 15 is 0 Å². The van der Waals surface area contributed by atoms with Gasteiger partial charge in [-0.2, -0.15) is 0 Å². The number of rotatable bonds is 3. The van der Waals surface area contributed by atoms with Gasteiger partial charge in [0.1, 0.15) is 5.82 Å². The van der Waals surface area contributed by atoms with E-state index in [4.69, 9.17) is 0 Å². The monoisotopic (exact) mass is 345 g/mol. The SMILES string of the molecule is Cc1ccc(NC(=O)c2ccc3c(c2)CC(C)N3S(C)(=O)=O)nc1. The van der Waals surface area contributed by atoms with Gasteiger partial charge in [-0.15, -0.1) is 0 Å². The standard InChI is InChI=1S/C17H19N3O3S/c1-11-4-7-16(18-10-11)19-17(21)13-5-6-15-14(9-13)8-12(2)20(15)24(3,22)23/h4-7,9-10,12H,8H2,1-3H3,(H,18,19,21). The summed E-state index contributed by atoms with van der Waals surface area (Å²) in [4.78, 5) is 16.5. The molecule has 6 nitrogen and oxygen atoms in total. The summed E-state index contributed by atoms with van der Waals surface area (Å²) in [6, 6.07) is 8.55. The number of carbonyl (C=O) groups is 1. The van der Waals surface area contributed by atoms with Crippen LogP contribution in [0, 0.1) is 6.92 Å². The van der Waals surface area contributed by atoms with E-state index in [1.54, 1.807) is 30.5 Å². The number of anilines is 2. The largest absolute Gasteiger partial charge is 0.307 e. The van der Waals surface area contributed by atoms with Crippen LogP contribution in [-0.4, -0.2) is 31.6 Å². The highest BCUT2D eigenvalue weighted by Crippen LogP contribution is 2.34. The highest BCUT2D eigenvalue weighted by Gasteiger charge is 2.32. The van der Waals surface area contributed by atoms with Crippen LogP contribution in [-0.2, 0) is 16.4 Å². The molecule has 1 aromatic heterocycles. The number of nitrogens with one attached hydrogen (secondary N) is 1. The summed E-state index contributed by atoms with van der Waals surface area (Å²) >= 11 is 0. The summed E-state index contributed by atoms with van der Waals surface area (Å²) in [5, 5.41) is 2.75. The van der Waals surface area contributed by atoms with Crippen molar-refractivity contribution in [1.82, 2.24) is 4.98 Å². The summed E-state index contributed by atoms with van der Waals surface area (Å²) in [7, 11) is -3.33. The Bertz CT molecular complexity index is 892. The van der Waals surface area contributed by atoms with Crippen molar-refractivity contribution in [1.29, 1.82) is 0 Å². The normalized spacial score (nSPS) is 16.8. The zero-order valence-corrected chi connectivity index (χ0v) is 14.6. The van der Waals surface area contributed by atoms with E-state index in [1.807, 2.05) is 19.9 Å². The maximum absolute atomic E-state index is 12.4. The molecule has 0 fully saturated rings. The number of hydrogen-bond donors (Lipinski definition) is 1. The second-order valence-electron chi connectivity index (χ2n) is 6.13. The molecule has 0 radical (unpaired) electrons. The molecule has 2 heterocycles. The molecular formula is C17H19N3O3S. The van der Waals surface area contributed by atoms with E-state index in [0.717, 1.165) is 11.1 Å². The lowest BCUT2D eigenvalue weighted by Gasteiger charge is -2.21. The number of aryl methyl sites for hydroxylation is 1. The Morgan fingerprint density at radius 1 is 1.29 bits per heavy atom. The number of hydrogen-bond acceptors (Lipinski definition) is 4. The fourth-order valence-corrected chi connectivity index (χ4v) is 4.24. The summed E-state index contributed by atoms with van der Waals surface area (Å²) < 4.78 is 25.3. The van der Waals surface area contributed by atoms with Crippen LogP contribution in [0.2, 0.25) is 0 Å². The summed E-state index contributed by atoms with van der Waals surface area (Å²) in [6.45, 7) is 3.78. The molecule has 1 aliphatic rings. The fraction of sp³-hybridized carbons (Fsp3) is 0.294. The molecule has 3 rings (SSSR count). The maximum Gasteiger partial charge on any atom is 0.256 e. The molecule has 0 bridgehead atoms. The average Bonchev–Trinajstić information content (AvgIpc) is 2.84. The van der Waals surface area contributed by atoms with Crippen molar-refractivity contribution in [3.8, 4) is 0 Å². The number of pyridine rings is 1. The molecule has 1 aromatic carbocycles. The second kappa shape index (κ2) is 5.90. The van der Waals surface area contributed by atoms with E-state index < -0.39 is 10.0 Å². The first-order valence-electron chi connectivity index (χ1n) is 7.62. The lowest BCUT2D eigenvalue weighted by molar-refractivity contribution is 0.102. The first-order chi connectivity index (χ1) is 11.3. The van der Waals surface area contributed by atoms with Gasteiger partial charge in [0.2, 0.25) is 10.0 Å². The quantitative estimate of drug-likeness (QED) is 0.926. The maximum atomic E-state index is 12.4. The van der Waals surface area contributed by atoms with E-state index in [1.165, 1.54) is 10.6 Å². The minimum Gasteiger partial charge on any atom is -0.307 e. The number of sulfonamides is 1. The minimum atomic E-state index is -3.33. The number of nitrogens with zero attached hydrogens (tertiary/aromatic N) is 2. The molecule has 1 atom stereocenters. The van der Waals surface area contributed by atoms with Crippen molar-refractivity contribution in [2.24, 2.45) is 0 Å². The zero-order chi connectivity index (χ0) is 17.5. The number of carbonyl (C=O) groups excluding carboxylic acids is 1. The van der Waals surface area contributed by atoms with Gasteiger partial charge in [-0.1, -0.05) is 6.07 Å². The predicted molar refractivity (Wildman–Crippen MR) is 93.9 cm³/mol. The third-order valence-corrected chi connectivity index (χ3v) is 5.28. The van der Waals surface area contributed by atoms with Gasteiger partial charge in [0.05, 0.1) is 11.9 Å². The Morgan fingerprint density at radius 3 is 2.67 bits per heavy atom. The highest BCUT2D eigenvalue weighted by atomic mass is 32.2. The lowest BCUT2D eigenvalue weighted by Crippen LogP contribution is -2.34. The zero-order valence-electron chi connectivity index (χ0n) is 13.8. The van der Waals surface area contributed by atoms with Crippen LogP contribution in [0.15, 0.2) is 36.5 Å². The molecule has 1 aliphatic heterocycles. The third-order valence-electron chi connectivity index (χ3n) is 4.01. The van der Waals surface area contributed by atoms with Crippen LogP contribution in [0.25, 0.3) is 0 Å². The predicted octanol–water partition coefficient (Wildman–Crippen LogP) is 2.35. The van der Waals surface area contributed by atoms with Gasteiger partial charge in [0.25, 0.3) is 5.91 Å². The topological polar surface area (TPSA) is 79.4 Å². The molecule has 0 saturated heterocycles. The van der Waals surface area contributed by atoms with Crippen molar-refractivity contribution < 1.29 is 13.2 Å². The first kappa shape index (κ1) is 16.4. The second-order valence-corrected chi connectivity index (χ2v) is 7.99. The van der Waals surface area contributed by atoms with Crippen LogP contribution in [0.5, 0.6) is 0 Å². The summed E-state index contributed by atoms with van der Waals surface area (Å²) in [6.07, 6.45) is 3.47. The molecule has 0 saturated carbocycles. The molecular weight excluding hydrogens is 326 g/mol. The van der Waals surface area contributed by atoms with Gasteiger partial charge in [-0.05, 0) is 55.7 Å². The smallest absolute Gasteiger partial charge is 0.256 e. The summed E-state index contributed by atoms with van der Waals surface area (Å²) in [5.74, 6) is 0.219. The molecule has 0 spiro atoms. The van der Waals surface area contributed by atoms with Crippen molar-refractivity contribution in [3.63, 3.8) is 0 Å². The Hall–Kier alpha value is -2.41. The Kier molecular flexibility index (Phi) is 4.04. The lowest BCUT2D eigenvalue weighted by atomic mass is 10.1. The van der Waals surface area contributed by atoms with E-state index in [0.29, 0.717) is 23.5 Å². The first-order valence-corrected chi connectivity index (χ1v) is 9.47. The summed E-state index contributed by atoms with van der Waals surface area (Å²) in [5.41, 5.74) is 3.01.